The van der Waals surface area contributed by atoms with Crippen LogP contribution >= 0.6 is 0 Å². The Kier molecular flexibility index (Phi) is 6.98. The van der Waals surface area contributed by atoms with Crippen molar-refractivity contribution in [3.05, 3.63) is 47.3 Å². The lowest BCUT2D eigenvalue weighted by molar-refractivity contribution is -0.137. The van der Waals surface area contributed by atoms with Crippen LogP contribution in [0.4, 0.5) is 13.2 Å². The quantitative estimate of drug-likeness (QED) is 0.528. The third-order valence-electron chi connectivity index (χ3n) is 5.41. The number of carbonyl (C=O) groups is 1. The number of benzene rings is 1. The van der Waals surface area contributed by atoms with Crippen LogP contribution in [0.2, 0.25) is 0 Å². The van der Waals surface area contributed by atoms with E-state index >= 15 is 0 Å². The maximum Gasteiger partial charge on any atom is 0.416 e. The third-order valence-corrected chi connectivity index (χ3v) is 6.98. The van der Waals surface area contributed by atoms with Gasteiger partial charge in [-0.05, 0) is 36.8 Å². The van der Waals surface area contributed by atoms with Crippen molar-refractivity contribution >= 4 is 15.7 Å². The summed E-state index contributed by atoms with van der Waals surface area (Å²) >= 11 is 0. The molecular formula is C23H30F3N3O3S. The zero-order chi connectivity index (χ0) is 24.6. The van der Waals surface area contributed by atoms with E-state index in [0.717, 1.165) is 25.0 Å². The zero-order valence-corrected chi connectivity index (χ0v) is 20.1. The molecular weight excluding hydrogens is 455 g/mol. The van der Waals surface area contributed by atoms with Gasteiger partial charge in [0.1, 0.15) is 0 Å². The zero-order valence-electron chi connectivity index (χ0n) is 19.3. The normalized spacial score (nSPS) is 15.0. The molecule has 1 amide bonds. The van der Waals surface area contributed by atoms with E-state index < -0.39 is 27.3 Å². The summed E-state index contributed by atoms with van der Waals surface area (Å²) in [5.74, 6) is -0.609. The number of carbonyl (C=O) groups excluding carboxylic acids is 1. The molecule has 1 saturated carbocycles. The minimum absolute atomic E-state index is 0.0260. The van der Waals surface area contributed by atoms with E-state index in [-0.39, 0.29) is 34.6 Å². The van der Waals surface area contributed by atoms with Crippen molar-refractivity contribution in [1.29, 1.82) is 0 Å². The standard InChI is InChI=1S/C23H30F3N3O3S/c1-5-28(20(30)12-22(2,3)4)14-19-13-27-21(29(19)18-9-10-18)33(31,32)15-16-7-6-8-17(11-16)23(24,25)26/h6-8,11,13,18H,5,9-10,12,14-15H2,1-4H3. The SMILES string of the molecule is CCN(Cc1cnc(S(=O)(=O)Cc2cccc(C(F)(F)F)c2)n1C1CC1)C(=O)CC(C)(C)C. The molecule has 0 saturated heterocycles. The highest BCUT2D eigenvalue weighted by molar-refractivity contribution is 7.90. The molecule has 1 aliphatic rings. The van der Waals surface area contributed by atoms with Gasteiger partial charge in [-0.15, -0.1) is 0 Å². The largest absolute Gasteiger partial charge is 0.416 e. The first-order valence-corrected chi connectivity index (χ1v) is 12.6. The van der Waals surface area contributed by atoms with Crippen LogP contribution in [-0.4, -0.2) is 35.3 Å². The monoisotopic (exact) mass is 485 g/mol. The number of hydrogen-bond donors (Lipinski definition) is 0. The molecule has 0 N–H and O–H groups in total. The topological polar surface area (TPSA) is 72.3 Å². The van der Waals surface area contributed by atoms with Crippen molar-refractivity contribution in [1.82, 2.24) is 14.5 Å². The minimum Gasteiger partial charge on any atom is -0.337 e. The van der Waals surface area contributed by atoms with Crippen LogP contribution in [-0.2, 0) is 33.1 Å². The van der Waals surface area contributed by atoms with Gasteiger partial charge in [0.15, 0.2) is 0 Å². The molecule has 0 aliphatic heterocycles. The summed E-state index contributed by atoms with van der Waals surface area (Å²) in [4.78, 5) is 18.6. The van der Waals surface area contributed by atoms with Gasteiger partial charge in [0.2, 0.25) is 20.9 Å². The summed E-state index contributed by atoms with van der Waals surface area (Å²) in [6.07, 6.45) is -1.15. The van der Waals surface area contributed by atoms with Gasteiger partial charge in [-0.3, -0.25) is 4.79 Å². The number of sulfone groups is 1. The molecule has 1 aliphatic carbocycles. The summed E-state index contributed by atoms with van der Waals surface area (Å²) in [5, 5.41) is -0.156. The molecule has 3 rings (SSSR count). The fourth-order valence-electron chi connectivity index (χ4n) is 3.71. The Hall–Kier alpha value is -2.36. The van der Waals surface area contributed by atoms with Gasteiger partial charge in [0.05, 0.1) is 29.8 Å². The molecule has 1 heterocycles. The van der Waals surface area contributed by atoms with E-state index in [4.69, 9.17) is 0 Å². The van der Waals surface area contributed by atoms with E-state index in [0.29, 0.717) is 18.7 Å². The van der Waals surface area contributed by atoms with Crippen LogP contribution in [0.3, 0.4) is 0 Å². The molecule has 0 bridgehead atoms. The molecule has 6 nitrogen and oxygen atoms in total. The highest BCUT2D eigenvalue weighted by atomic mass is 32.2. The molecule has 1 fully saturated rings. The van der Waals surface area contributed by atoms with E-state index in [1.165, 1.54) is 18.3 Å². The number of aromatic nitrogens is 2. The first-order valence-electron chi connectivity index (χ1n) is 10.9. The van der Waals surface area contributed by atoms with Crippen LogP contribution in [0.1, 0.15) is 69.8 Å². The highest BCUT2D eigenvalue weighted by Crippen LogP contribution is 2.39. The first-order chi connectivity index (χ1) is 15.2. The summed E-state index contributed by atoms with van der Waals surface area (Å²) in [5.41, 5.74) is -0.408. The van der Waals surface area contributed by atoms with Gasteiger partial charge >= 0.3 is 6.18 Å². The van der Waals surface area contributed by atoms with Crippen LogP contribution in [0.15, 0.2) is 35.6 Å². The number of halogens is 3. The summed E-state index contributed by atoms with van der Waals surface area (Å²) in [6.45, 7) is 8.50. The molecule has 33 heavy (non-hydrogen) atoms. The van der Waals surface area contributed by atoms with E-state index in [2.05, 4.69) is 4.98 Å². The average molecular weight is 486 g/mol. The number of imidazole rings is 1. The average Bonchev–Trinajstić information content (AvgIpc) is 3.42. The number of amides is 1. The number of rotatable bonds is 8. The van der Waals surface area contributed by atoms with Gasteiger partial charge in [-0.2, -0.15) is 13.2 Å². The Morgan fingerprint density at radius 3 is 2.42 bits per heavy atom. The number of nitrogens with zero attached hydrogens (tertiary/aromatic N) is 3. The van der Waals surface area contributed by atoms with Gasteiger partial charge in [0, 0.05) is 19.0 Å². The predicted octanol–water partition coefficient (Wildman–Crippen LogP) is 5.00. The third kappa shape index (κ3) is 6.37. The van der Waals surface area contributed by atoms with Crippen molar-refractivity contribution < 1.29 is 26.4 Å². The van der Waals surface area contributed by atoms with Crippen molar-refractivity contribution in [3.8, 4) is 0 Å². The van der Waals surface area contributed by atoms with Crippen molar-refractivity contribution in [3.63, 3.8) is 0 Å². The van der Waals surface area contributed by atoms with Gasteiger partial charge < -0.3 is 9.47 Å². The maximum atomic E-state index is 13.2. The molecule has 1 aromatic heterocycles. The maximum absolute atomic E-state index is 13.2. The van der Waals surface area contributed by atoms with E-state index in [1.807, 2.05) is 27.7 Å². The fourth-order valence-corrected chi connectivity index (χ4v) is 5.23. The number of hydrogen-bond acceptors (Lipinski definition) is 4. The minimum atomic E-state index is -4.55. The fraction of sp³-hybridized carbons (Fsp3) is 0.565. The molecule has 0 atom stereocenters. The lowest BCUT2D eigenvalue weighted by Crippen LogP contribution is -2.33. The highest BCUT2D eigenvalue weighted by Gasteiger charge is 2.35. The summed E-state index contributed by atoms with van der Waals surface area (Å²) < 4.78 is 67.1. The molecule has 0 spiro atoms. The second kappa shape index (κ2) is 9.12. The molecule has 182 valence electrons. The molecule has 2 aromatic rings. The van der Waals surface area contributed by atoms with Crippen molar-refractivity contribution in [2.24, 2.45) is 5.41 Å². The summed E-state index contributed by atoms with van der Waals surface area (Å²) in [7, 11) is -4.00. The van der Waals surface area contributed by atoms with Crippen LogP contribution < -0.4 is 0 Å². The smallest absolute Gasteiger partial charge is 0.337 e. The lowest BCUT2D eigenvalue weighted by Gasteiger charge is -2.26. The molecule has 1 aromatic carbocycles. The number of alkyl halides is 3. The molecule has 10 heteroatoms. The van der Waals surface area contributed by atoms with Crippen molar-refractivity contribution in [2.45, 2.75) is 76.6 Å². The Labute approximate surface area is 192 Å². The lowest BCUT2D eigenvalue weighted by atomic mass is 9.91. The predicted molar refractivity (Wildman–Crippen MR) is 118 cm³/mol. The van der Waals surface area contributed by atoms with E-state index in [1.54, 1.807) is 9.47 Å². The summed E-state index contributed by atoms with van der Waals surface area (Å²) in [6, 6.07) is 4.29. The Morgan fingerprint density at radius 2 is 1.88 bits per heavy atom. The first kappa shape index (κ1) is 25.3. The van der Waals surface area contributed by atoms with Crippen LogP contribution in [0.5, 0.6) is 0 Å². The van der Waals surface area contributed by atoms with Crippen LogP contribution in [0.25, 0.3) is 0 Å². The Morgan fingerprint density at radius 1 is 1.21 bits per heavy atom. The van der Waals surface area contributed by atoms with Gasteiger partial charge in [-0.25, -0.2) is 13.4 Å². The second-order valence-electron chi connectivity index (χ2n) is 9.74. The molecule has 0 radical (unpaired) electrons. The van der Waals surface area contributed by atoms with E-state index in [9.17, 15) is 26.4 Å². The van der Waals surface area contributed by atoms with Crippen LogP contribution in [0, 0.1) is 5.41 Å². The Balaban J connectivity index is 1.88. The van der Waals surface area contributed by atoms with Gasteiger partial charge in [-0.1, -0.05) is 39.0 Å². The second-order valence-corrected chi connectivity index (χ2v) is 11.6. The molecule has 0 unspecified atom stereocenters. The Bertz CT molecular complexity index is 1110. The van der Waals surface area contributed by atoms with Gasteiger partial charge in [0.25, 0.3) is 0 Å². The van der Waals surface area contributed by atoms with Crippen molar-refractivity contribution in [2.75, 3.05) is 6.54 Å².